The van der Waals surface area contributed by atoms with Crippen LogP contribution in [0.25, 0.3) is 10.9 Å². The number of aromatic amines is 1. The zero-order valence-electron chi connectivity index (χ0n) is 17.4. The molecule has 1 saturated heterocycles. The molecule has 2 aliphatic rings. The maximum atomic E-state index is 6.12. The summed E-state index contributed by atoms with van der Waals surface area (Å²) in [5.41, 5.74) is 5.65. The largest absolute Gasteiger partial charge is 0.376 e. The molecule has 3 aromatic rings. The third-order valence-electron chi connectivity index (χ3n) is 7.10. The van der Waals surface area contributed by atoms with Crippen LogP contribution in [0, 0.1) is 11.8 Å². The summed E-state index contributed by atoms with van der Waals surface area (Å²) in [6.07, 6.45) is 4.95. The highest BCUT2D eigenvalue weighted by Crippen LogP contribution is 2.46. The van der Waals surface area contributed by atoms with Gasteiger partial charge in [-0.05, 0) is 54.8 Å². The standard InChI is InChI=1S/C26H32N2O/c1-2-19(17-29-18-20-8-4-3-5-9-20)16-21-12-14-28-15-13-23-22-10-6-7-11-24(22)27-25(23)26(21)28/h3-11,19,21,26-27H,2,12-18H2,1H3. The van der Waals surface area contributed by atoms with Crippen molar-refractivity contribution in [2.45, 2.75) is 45.3 Å². The van der Waals surface area contributed by atoms with Gasteiger partial charge >= 0.3 is 0 Å². The fourth-order valence-electron chi connectivity index (χ4n) is 5.54. The number of nitrogens with zero attached hydrogens (tertiary/aromatic N) is 1. The van der Waals surface area contributed by atoms with Gasteiger partial charge in [-0.2, -0.15) is 0 Å². The van der Waals surface area contributed by atoms with Crippen LogP contribution < -0.4 is 0 Å². The lowest BCUT2D eigenvalue weighted by atomic mass is 9.84. The van der Waals surface area contributed by atoms with Crippen molar-refractivity contribution in [2.75, 3.05) is 19.7 Å². The van der Waals surface area contributed by atoms with Gasteiger partial charge in [-0.25, -0.2) is 0 Å². The highest BCUT2D eigenvalue weighted by atomic mass is 16.5. The predicted octanol–water partition coefficient (Wildman–Crippen LogP) is 5.72. The van der Waals surface area contributed by atoms with Crippen molar-refractivity contribution in [1.29, 1.82) is 0 Å². The molecule has 152 valence electrons. The van der Waals surface area contributed by atoms with Crippen LogP contribution in [0.2, 0.25) is 0 Å². The molecule has 1 fully saturated rings. The summed E-state index contributed by atoms with van der Waals surface area (Å²) < 4.78 is 6.12. The van der Waals surface area contributed by atoms with Gasteiger partial charge in [0.25, 0.3) is 0 Å². The summed E-state index contributed by atoms with van der Waals surface area (Å²) in [6, 6.07) is 19.9. The monoisotopic (exact) mass is 388 g/mol. The molecule has 0 bridgehead atoms. The first-order valence-electron chi connectivity index (χ1n) is 11.3. The van der Waals surface area contributed by atoms with Crippen LogP contribution in [-0.4, -0.2) is 29.6 Å². The van der Waals surface area contributed by atoms with Crippen molar-refractivity contribution in [1.82, 2.24) is 9.88 Å². The van der Waals surface area contributed by atoms with Crippen LogP contribution in [0.5, 0.6) is 0 Å². The summed E-state index contributed by atoms with van der Waals surface area (Å²) in [6.45, 7) is 6.36. The van der Waals surface area contributed by atoms with E-state index < -0.39 is 0 Å². The van der Waals surface area contributed by atoms with Gasteiger partial charge in [-0.1, -0.05) is 61.9 Å². The van der Waals surface area contributed by atoms with Gasteiger partial charge in [0.1, 0.15) is 0 Å². The third-order valence-corrected chi connectivity index (χ3v) is 7.10. The number of benzene rings is 2. The van der Waals surface area contributed by atoms with Gasteiger partial charge in [0.15, 0.2) is 0 Å². The molecule has 3 heteroatoms. The second-order valence-electron chi connectivity index (χ2n) is 8.85. The summed E-state index contributed by atoms with van der Waals surface area (Å²) in [5.74, 6) is 1.37. The Morgan fingerprint density at radius 2 is 1.90 bits per heavy atom. The lowest BCUT2D eigenvalue weighted by Gasteiger charge is -2.34. The van der Waals surface area contributed by atoms with Crippen LogP contribution in [0.3, 0.4) is 0 Å². The van der Waals surface area contributed by atoms with Crippen LogP contribution in [0.1, 0.15) is 49.0 Å². The first-order valence-corrected chi connectivity index (χ1v) is 11.3. The van der Waals surface area contributed by atoms with E-state index in [2.05, 4.69) is 71.4 Å². The summed E-state index contributed by atoms with van der Waals surface area (Å²) >= 11 is 0. The van der Waals surface area contributed by atoms with Crippen molar-refractivity contribution in [2.24, 2.45) is 11.8 Å². The molecule has 3 unspecified atom stereocenters. The highest BCUT2D eigenvalue weighted by Gasteiger charge is 2.40. The van der Waals surface area contributed by atoms with Crippen LogP contribution in [-0.2, 0) is 17.8 Å². The van der Waals surface area contributed by atoms with Crippen molar-refractivity contribution in [3.8, 4) is 0 Å². The number of nitrogens with one attached hydrogen (secondary N) is 1. The number of H-pyrrole nitrogens is 1. The molecule has 2 aliphatic heterocycles. The van der Waals surface area contributed by atoms with E-state index >= 15 is 0 Å². The Morgan fingerprint density at radius 1 is 1.07 bits per heavy atom. The quantitative estimate of drug-likeness (QED) is 0.561. The zero-order valence-corrected chi connectivity index (χ0v) is 17.4. The maximum absolute atomic E-state index is 6.12. The SMILES string of the molecule is CCC(COCc1ccccc1)CC1CCN2CCc3c([nH]c4ccccc34)C12. The number of hydrogen-bond donors (Lipinski definition) is 1. The molecule has 3 atom stereocenters. The fraction of sp³-hybridized carbons (Fsp3) is 0.462. The minimum atomic E-state index is 0.564. The molecule has 0 radical (unpaired) electrons. The number of hydrogen-bond acceptors (Lipinski definition) is 2. The number of ether oxygens (including phenoxy) is 1. The fourth-order valence-corrected chi connectivity index (χ4v) is 5.54. The maximum Gasteiger partial charge on any atom is 0.0717 e. The van der Waals surface area contributed by atoms with Crippen molar-refractivity contribution in [3.05, 3.63) is 71.4 Å². The molecule has 3 heterocycles. The zero-order chi connectivity index (χ0) is 19.6. The minimum Gasteiger partial charge on any atom is -0.376 e. The number of aromatic nitrogens is 1. The normalized spacial score (nSPS) is 22.5. The number of para-hydroxylation sites is 1. The topological polar surface area (TPSA) is 28.3 Å². The summed E-state index contributed by atoms with van der Waals surface area (Å²) in [4.78, 5) is 6.52. The Labute approximate surface area is 174 Å². The number of rotatable bonds is 7. The van der Waals surface area contributed by atoms with E-state index in [9.17, 15) is 0 Å². The molecule has 0 spiro atoms. The van der Waals surface area contributed by atoms with E-state index in [-0.39, 0.29) is 0 Å². The molecule has 5 rings (SSSR count). The van der Waals surface area contributed by atoms with Gasteiger partial charge in [0.2, 0.25) is 0 Å². The molecule has 0 amide bonds. The van der Waals surface area contributed by atoms with Crippen molar-refractivity contribution < 1.29 is 4.74 Å². The Bertz CT molecular complexity index is 948. The molecule has 29 heavy (non-hydrogen) atoms. The van der Waals surface area contributed by atoms with Crippen molar-refractivity contribution >= 4 is 10.9 Å². The minimum absolute atomic E-state index is 0.564. The molecule has 1 aromatic heterocycles. The molecular weight excluding hydrogens is 356 g/mol. The smallest absolute Gasteiger partial charge is 0.0717 e. The van der Waals surface area contributed by atoms with Gasteiger partial charge in [-0.15, -0.1) is 0 Å². The van der Waals surface area contributed by atoms with E-state index in [1.807, 2.05) is 0 Å². The molecule has 0 saturated carbocycles. The number of fused-ring (bicyclic) bond motifs is 5. The van der Waals surface area contributed by atoms with E-state index in [4.69, 9.17) is 4.74 Å². The predicted molar refractivity (Wildman–Crippen MR) is 119 cm³/mol. The Kier molecular flexibility index (Phi) is 5.43. The van der Waals surface area contributed by atoms with E-state index in [0.29, 0.717) is 12.0 Å². The third kappa shape index (κ3) is 3.74. The van der Waals surface area contributed by atoms with E-state index in [1.165, 1.54) is 60.9 Å². The van der Waals surface area contributed by atoms with Gasteiger partial charge in [-0.3, -0.25) is 4.90 Å². The average Bonchev–Trinajstić information content (AvgIpc) is 3.34. The van der Waals surface area contributed by atoms with Crippen molar-refractivity contribution in [3.63, 3.8) is 0 Å². The molecule has 1 N–H and O–H groups in total. The summed E-state index contributed by atoms with van der Waals surface area (Å²) in [5, 5.41) is 1.44. The first kappa shape index (κ1) is 18.9. The lowest BCUT2D eigenvalue weighted by Crippen LogP contribution is -2.33. The molecular formula is C26H32N2O. The molecule has 0 aliphatic carbocycles. The van der Waals surface area contributed by atoms with Crippen LogP contribution in [0.4, 0.5) is 0 Å². The Balaban J connectivity index is 1.28. The van der Waals surface area contributed by atoms with Gasteiger partial charge in [0.05, 0.1) is 12.6 Å². The Hall–Kier alpha value is -2.10. The summed E-state index contributed by atoms with van der Waals surface area (Å²) in [7, 11) is 0. The average molecular weight is 389 g/mol. The lowest BCUT2D eigenvalue weighted by molar-refractivity contribution is 0.0724. The van der Waals surface area contributed by atoms with E-state index in [1.54, 1.807) is 5.56 Å². The van der Waals surface area contributed by atoms with Gasteiger partial charge < -0.3 is 9.72 Å². The van der Waals surface area contributed by atoms with Crippen LogP contribution in [0.15, 0.2) is 54.6 Å². The Morgan fingerprint density at radius 3 is 2.76 bits per heavy atom. The highest BCUT2D eigenvalue weighted by molar-refractivity contribution is 5.85. The van der Waals surface area contributed by atoms with E-state index in [0.717, 1.165) is 19.1 Å². The van der Waals surface area contributed by atoms with Gasteiger partial charge in [0, 0.05) is 29.7 Å². The van der Waals surface area contributed by atoms with Crippen LogP contribution >= 0.6 is 0 Å². The second kappa shape index (κ2) is 8.33. The second-order valence-corrected chi connectivity index (χ2v) is 8.85. The molecule has 3 nitrogen and oxygen atoms in total. The molecule has 2 aromatic carbocycles. The first-order chi connectivity index (χ1) is 14.3.